The number of aliphatic hydroxyl groups excluding tert-OH is 1. The van der Waals surface area contributed by atoms with Gasteiger partial charge in [0.25, 0.3) is 0 Å². The van der Waals surface area contributed by atoms with Crippen LogP contribution in [0.3, 0.4) is 0 Å². The Balaban J connectivity index is 1.80. The summed E-state index contributed by atoms with van der Waals surface area (Å²) >= 11 is 0. The Bertz CT molecular complexity index is 927. The first kappa shape index (κ1) is 22.7. The van der Waals surface area contributed by atoms with Gasteiger partial charge in [0.2, 0.25) is 0 Å². The van der Waals surface area contributed by atoms with Crippen LogP contribution < -0.4 is 4.74 Å². The molecule has 162 valence electrons. The lowest BCUT2D eigenvalue weighted by molar-refractivity contribution is -0.143. The van der Waals surface area contributed by atoms with Gasteiger partial charge >= 0.3 is 0 Å². The molecule has 0 aliphatic carbocycles. The molecule has 0 saturated heterocycles. The molecule has 0 aromatic heterocycles. The second kappa shape index (κ2) is 12.0. The molecular weight excluding hydrogens is 392 g/mol. The molecule has 5 heteroatoms. The molecule has 1 N–H and O–H groups in total. The number of hydrogen-bond acceptors (Lipinski definition) is 5. The van der Waals surface area contributed by atoms with E-state index in [0.29, 0.717) is 19.0 Å². The number of rotatable bonds is 12. The molecule has 0 radical (unpaired) electrons. The van der Waals surface area contributed by atoms with Gasteiger partial charge in [0.1, 0.15) is 24.6 Å². The quantitative estimate of drug-likeness (QED) is 0.468. The van der Waals surface area contributed by atoms with Gasteiger partial charge in [-0.25, -0.2) is 0 Å². The number of hydrogen-bond donors (Lipinski definition) is 1. The summed E-state index contributed by atoms with van der Waals surface area (Å²) in [5, 5.41) is 9.18. The summed E-state index contributed by atoms with van der Waals surface area (Å²) in [5.74, 6) is 0.515. The Morgan fingerprint density at radius 3 is 2.10 bits per heavy atom. The standard InChI is InChI=1S/C26H28O5/c1-20(28)25(29-16-15-27)26(31-19-22-11-6-3-7-12-22)23-13-8-14-24(17-23)30-18-21-9-4-2-5-10-21/h2-14,17,25-27H,15-16,18-19H2,1H3. The van der Waals surface area contributed by atoms with E-state index in [1.165, 1.54) is 6.92 Å². The van der Waals surface area contributed by atoms with Crippen LogP contribution in [0.5, 0.6) is 5.75 Å². The van der Waals surface area contributed by atoms with Crippen LogP contribution in [0.25, 0.3) is 0 Å². The maximum atomic E-state index is 12.4. The van der Waals surface area contributed by atoms with E-state index >= 15 is 0 Å². The van der Waals surface area contributed by atoms with E-state index in [9.17, 15) is 9.90 Å². The minimum absolute atomic E-state index is 0.0552. The Morgan fingerprint density at radius 1 is 0.839 bits per heavy atom. The van der Waals surface area contributed by atoms with Crippen molar-refractivity contribution in [2.75, 3.05) is 13.2 Å². The largest absolute Gasteiger partial charge is 0.489 e. The van der Waals surface area contributed by atoms with Gasteiger partial charge in [-0.3, -0.25) is 4.79 Å². The van der Waals surface area contributed by atoms with Crippen molar-refractivity contribution in [3.63, 3.8) is 0 Å². The van der Waals surface area contributed by atoms with Crippen LogP contribution >= 0.6 is 0 Å². The maximum absolute atomic E-state index is 12.4. The predicted molar refractivity (Wildman–Crippen MR) is 119 cm³/mol. The topological polar surface area (TPSA) is 65.0 Å². The number of Topliss-reactive ketones (excluding diaryl/α,β-unsaturated/α-hetero) is 1. The first-order valence-electron chi connectivity index (χ1n) is 10.3. The predicted octanol–water partition coefficient (Wildman–Crippen LogP) is 4.49. The van der Waals surface area contributed by atoms with E-state index in [0.717, 1.165) is 16.7 Å². The molecule has 3 rings (SSSR count). The summed E-state index contributed by atoms with van der Waals surface area (Å²) in [6, 6.07) is 27.2. The third-order valence-corrected chi connectivity index (χ3v) is 4.77. The van der Waals surface area contributed by atoms with Gasteiger partial charge in [-0.05, 0) is 35.7 Å². The first-order chi connectivity index (χ1) is 15.2. The molecule has 0 saturated carbocycles. The average Bonchev–Trinajstić information content (AvgIpc) is 2.81. The van der Waals surface area contributed by atoms with Gasteiger partial charge < -0.3 is 19.3 Å². The van der Waals surface area contributed by atoms with Gasteiger partial charge in [-0.2, -0.15) is 0 Å². The summed E-state index contributed by atoms with van der Waals surface area (Å²) in [4.78, 5) is 12.4. The Hall–Kier alpha value is -2.99. The SMILES string of the molecule is CC(=O)C(OCCO)C(OCc1ccccc1)c1cccc(OCc2ccccc2)c1. The molecule has 5 nitrogen and oxygen atoms in total. The number of benzene rings is 3. The van der Waals surface area contributed by atoms with Gasteiger partial charge in [0.15, 0.2) is 5.78 Å². The van der Waals surface area contributed by atoms with E-state index < -0.39 is 12.2 Å². The molecule has 2 atom stereocenters. The molecule has 3 aromatic carbocycles. The highest BCUT2D eigenvalue weighted by Gasteiger charge is 2.29. The van der Waals surface area contributed by atoms with Crippen molar-refractivity contribution in [2.24, 2.45) is 0 Å². The number of ketones is 1. The maximum Gasteiger partial charge on any atom is 0.161 e. The van der Waals surface area contributed by atoms with Crippen LogP contribution in [0.2, 0.25) is 0 Å². The fourth-order valence-corrected chi connectivity index (χ4v) is 3.24. The Morgan fingerprint density at radius 2 is 1.48 bits per heavy atom. The molecular formula is C26H28O5. The van der Waals surface area contributed by atoms with Crippen LogP contribution in [0.15, 0.2) is 84.9 Å². The lowest BCUT2D eigenvalue weighted by Gasteiger charge is -2.26. The smallest absolute Gasteiger partial charge is 0.161 e. The van der Waals surface area contributed by atoms with Crippen molar-refractivity contribution in [2.45, 2.75) is 32.3 Å². The molecule has 0 spiro atoms. The minimum Gasteiger partial charge on any atom is -0.489 e. The normalized spacial score (nSPS) is 12.8. The summed E-state index contributed by atoms with van der Waals surface area (Å²) in [5.41, 5.74) is 2.84. The molecule has 0 aliphatic heterocycles. The molecule has 0 aliphatic rings. The lowest BCUT2D eigenvalue weighted by Crippen LogP contribution is -2.32. The van der Waals surface area contributed by atoms with Crippen molar-refractivity contribution < 1.29 is 24.1 Å². The average molecular weight is 421 g/mol. The molecule has 0 heterocycles. The molecule has 3 aromatic rings. The van der Waals surface area contributed by atoms with E-state index in [4.69, 9.17) is 14.2 Å². The van der Waals surface area contributed by atoms with Crippen LogP contribution in [0.1, 0.15) is 29.7 Å². The van der Waals surface area contributed by atoms with E-state index in [-0.39, 0.29) is 19.0 Å². The van der Waals surface area contributed by atoms with Crippen molar-refractivity contribution in [1.82, 2.24) is 0 Å². The molecule has 2 unspecified atom stereocenters. The number of ether oxygens (including phenoxy) is 3. The van der Waals surface area contributed by atoms with E-state index in [1.54, 1.807) is 0 Å². The first-order valence-corrected chi connectivity index (χ1v) is 10.3. The number of aliphatic hydroxyl groups is 1. The molecule has 0 amide bonds. The monoisotopic (exact) mass is 420 g/mol. The van der Waals surface area contributed by atoms with Crippen LogP contribution in [0, 0.1) is 0 Å². The summed E-state index contributed by atoms with van der Waals surface area (Å²) in [6.07, 6.45) is -1.47. The Kier molecular flexibility index (Phi) is 8.79. The van der Waals surface area contributed by atoms with Gasteiger partial charge in [0, 0.05) is 0 Å². The molecule has 0 fully saturated rings. The summed E-state index contributed by atoms with van der Waals surface area (Å²) in [6.45, 7) is 2.12. The highest BCUT2D eigenvalue weighted by molar-refractivity contribution is 5.81. The minimum atomic E-state index is -0.833. The van der Waals surface area contributed by atoms with Crippen molar-refractivity contribution in [3.05, 3.63) is 102 Å². The lowest BCUT2D eigenvalue weighted by atomic mass is 10.0. The van der Waals surface area contributed by atoms with Gasteiger partial charge in [-0.1, -0.05) is 72.8 Å². The zero-order valence-corrected chi connectivity index (χ0v) is 17.6. The molecule has 0 bridgehead atoms. The van der Waals surface area contributed by atoms with Gasteiger partial charge in [-0.15, -0.1) is 0 Å². The third-order valence-electron chi connectivity index (χ3n) is 4.77. The zero-order valence-electron chi connectivity index (χ0n) is 17.6. The zero-order chi connectivity index (χ0) is 21.9. The van der Waals surface area contributed by atoms with Crippen molar-refractivity contribution in [1.29, 1.82) is 0 Å². The fraction of sp³-hybridized carbons (Fsp3) is 0.269. The number of carbonyl (C=O) groups excluding carboxylic acids is 1. The fourth-order valence-electron chi connectivity index (χ4n) is 3.24. The number of carbonyl (C=O) groups is 1. The highest BCUT2D eigenvalue weighted by atomic mass is 16.5. The third kappa shape index (κ3) is 7.03. The van der Waals surface area contributed by atoms with Crippen LogP contribution in [-0.4, -0.2) is 30.2 Å². The van der Waals surface area contributed by atoms with Crippen LogP contribution in [-0.2, 0) is 27.5 Å². The van der Waals surface area contributed by atoms with E-state index in [2.05, 4.69) is 0 Å². The van der Waals surface area contributed by atoms with Crippen molar-refractivity contribution in [3.8, 4) is 5.75 Å². The van der Waals surface area contributed by atoms with Crippen LogP contribution in [0.4, 0.5) is 0 Å². The highest BCUT2D eigenvalue weighted by Crippen LogP contribution is 2.29. The molecule has 31 heavy (non-hydrogen) atoms. The second-order valence-corrected chi connectivity index (χ2v) is 7.19. The summed E-state index contributed by atoms with van der Waals surface area (Å²) < 4.78 is 17.8. The van der Waals surface area contributed by atoms with Gasteiger partial charge in [0.05, 0.1) is 19.8 Å². The summed E-state index contributed by atoms with van der Waals surface area (Å²) in [7, 11) is 0. The van der Waals surface area contributed by atoms with Crippen molar-refractivity contribution >= 4 is 5.78 Å². The van der Waals surface area contributed by atoms with E-state index in [1.807, 2.05) is 84.9 Å². The Labute approximate surface area is 183 Å². The second-order valence-electron chi connectivity index (χ2n) is 7.19.